The standard InChI is InChI=1S/C16H21BrO3/c1-16(2)8-7-13(20-16)10-12(15(18)19)9-11-5-3-4-6-14(11)17/h3-6,12-13H,7-10H2,1-2H3,(H,18,19). The van der Waals surface area contributed by atoms with Crippen LogP contribution < -0.4 is 0 Å². The Balaban J connectivity index is 2.02. The van der Waals surface area contributed by atoms with E-state index in [0.717, 1.165) is 22.9 Å². The third kappa shape index (κ3) is 4.06. The van der Waals surface area contributed by atoms with Crippen LogP contribution in [0.1, 0.15) is 38.7 Å². The molecular weight excluding hydrogens is 320 g/mol. The minimum Gasteiger partial charge on any atom is -0.481 e. The molecule has 0 bridgehead atoms. The lowest BCUT2D eigenvalue weighted by atomic mass is 9.92. The number of halogens is 1. The first-order valence-corrected chi connectivity index (χ1v) is 7.81. The topological polar surface area (TPSA) is 46.5 Å². The highest BCUT2D eigenvalue weighted by atomic mass is 79.9. The van der Waals surface area contributed by atoms with Crippen molar-refractivity contribution < 1.29 is 14.6 Å². The summed E-state index contributed by atoms with van der Waals surface area (Å²) in [4.78, 5) is 11.5. The van der Waals surface area contributed by atoms with Crippen molar-refractivity contribution in [2.75, 3.05) is 0 Å². The molecule has 1 aromatic rings. The van der Waals surface area contributed by atoms with Gasteiger partial charge >= 0.3 is 5.97 Å². The van der Waals surface area contributed by atoms with Crippen LogP contribution in [0.25, 0.3) is 0 Å². The molecule has 4 heteroatoms. The maximum atomic E-state index is 11.5. The monoisotopic (exact) mass is 340 g/mol. The summed E-state index contributed by atoms with van der Waals surface area (Å²) in [6.45, 7) is 4.13. The number of rotatable bonds is 5. The number of ether oxygens (including phenoxy) is 1. The van der Waals surface area contributed by atoms with E-state index in [1.807, 2.05) is 24.3 Å². The second-order valence-electron chi connectivity index (χ2n) is 6.10. The SMILES string of the molecule is CC1(C)CCC(CC(Cc2ccccc2Br)C(=O)O)O1. The molecule has 110 valence electrons. The molecule has 1 fully saturated rings. The van der Waals surface area contributed by atoms with Gasteiger partial charge in [0.1, 0.15) is 0 Å². The zero-order valence-corrected chi connectivity index (χ0v) is 13.5. The van der Waals surface area contributed by atoms with E-state index in [-0.39, 0.29) is 11.7 Å². The molecule has 0 amide bonds. The second-order valence-corrected chi connectivity index (χ2v) is 6.96. The summed E-state index contributed by atoms with van der Waals surface area (Å²) in [5, 5.41) is 9.45. The Bertz CT molecular complexity index is 484. The molecule has 1 heterocycles. The maximum absolute atomic E-state index is 11.5. The zero-order chi connectivity index (χ0) is 14.8. The average molecular weight is 341 g/mol. The van der Waals surface area contributed by atoms with Crippen molar-refractivity contribution in [1.29, 1.82) is 0 Å². The first kappa shape index (κ1) is 15.5. The molecule has 2 rings (SSSR count). The Kier molecular flexibility index (Phi) is 4.86. The first-order valence-electron chi connectivity index (χ1n) is 7.01. The van der Waals surface area contributed by atoms with Crippen LogP contribution in [-0.2, 0) is 16.0 Å². The van der Waals surface area contributed by atoms with E-state index >= 15 is 0 Å². The zero-order valence-electron chi connectivity index (χ0n) is 11.9. The van der Waals surface area contributed by atoms with E-state index in [4.69, 9.17) is 4.74 Å². The van der Waals surface area contributed by atoms with Crippen molar-refractivity contribution in [3.63, 3.8) is 0 Å². The lowest BCUT2D eigenvalue weighted by Gasteiger charge is -2.21. The summed E-state index contributed by atoms with van der Waals surface area (Å²) >= 11 is 3.48. The maximum Gasteiger partial charge on any atom is 0.306 e. The van der Waals surface area contributed by atoms with E-state index in [0.29, 0.717) is 12.8 Å². The third-order valence-electron chi connectivity index (χ3n) is 3.87. The van der Waals surface area contributed by atoms with Crippen LogP contribution in [-0.4, -0.2) is 22.8 Å². The van der Waals surface area contributed by atoms with Crippen LogP contribution in [0.5, 0.6) is 0 Å². The Morgan fingerprint density at radius 3 is 2.75 bits per heavy atom. The lowest BCUT2D eigenvalue weighted by molar-refractivity contribution is -0.143. The quantitative estimate of drug-likeness (QED) is 0.879. The molecule has 0 saturated carbocycles. The molecule has 3 nitrogen and oxygen atoms in total. The number of carbonyl (C=O) groups is 1. The van der Waals surface area contributed by atoms with Crippen molar-refractivity contribution >= 4 is 21.9 Å². The number of carboxylic acids is 1. The first-order chi connectivity index (χ1) is 9.37. The molecule has 0 aromatic heterocycles. The Morgan fingerprint density at radius 1 is 1.50 bits per heavy atom. The van der Waals surface area contributed by atoms with Gasteiger partial charge in [-0.05, 0) is 51.2 Å². The molecule has 1 saturated heterocycles. The van der Waals surface area contributed by atoms with Gasteiger partial charge in [0.15, 0.2) is 0 Å². The van der Waals surface area contributed by atoms with Gasteiger partial charge in [-0.15, -0.1) is 0 Å². The molecule has 1 N–H and O–H groups in total. The molecular formula is C16H21BrO3. The van der Waals surface area contributed by atoms with Gasteiger partial charge in [-0.2, -0.15) is 0 Å². The highest BCUT2D eigenvalue weighted by Crippen LogP contribution is 2.33. The number of carboxylic acid groups (broad SMARTS) is 1. The highest BCUT2D eigenvalue weighted by molar-refractivity contribution is 9.10. The Hall–Kier alpha value is -0.870. The minimum atomic E-state index is -0.742. The van der Waals surface area contributed by atoms with Crippen LogP contribution in [0.15, 0.2) is 28.7 Å². The van der Waals surface area contributed by atoms with Gasteiger partial charge in [0.25, 0.3) is 0 Å². The molecule has 2 atom stereocenters. The molecule has 0 spiro atoms. The van der Waals surface area contributed by atoms with E-state index < -0.39 is 11.9 Å². The number of aliphatic carboxylic acids is 1. The summed E-state index contributed by atoms with van der Waals surface area (Å²) in [5.74, 6) is -1.14. The molecule has 2 unspecified atom stereocenters. The predicted molar refractivity (Wildman–Crippen MR) is 81.8 cm³/mol. The number of hydrogen-bond acceptors (Lipinski definition) is 2. The third-order valence-corrected chi connectivity index (χ3v) is 4.65. The van der Waals surface area contributed by atoms with Crippen LogP contribution in [0.4, 0.5) is 0 Å². The predicted octanol–water partition coefficient (Wildman–Crippen LogP) is 4.04. The van der Waals surface area contributed by atoms with Gasteiger partial charge in [0.05, 0.1) is 17.6 Å². The van der Waals surface area contributed by atoms with Crippen molar-refractivity contribution in [2.24, 2.45) is 5.92 Å². The second kappa shape index (κ2) is 6.27. The normalized spacial score (nSPS) is 22.6. The fourth-order valence-electron chi connectivity index (χ4n) is 2.76. The fourth-order valence-corrected chi connectivity index (χ4v) is 3.21. The summed E-state index contributed by atoms with van der Waals surface area (Å²) in [7, 11) is 0. The van der Waals surface area contributed by atoms with E-state index in [1.165, 1.54) is 0 Å². The van der Waals surface area contributed by atoms with Crippen molar-refractivity contribution in [1.82, 2.24) is 0 Å². The summed E-state index contributed by atoms with van der Waals surface area (Å²) in [6, 6.07) is 7.79. The van der Waals surface area contributed by atoms with Crippen LogP contribution in [0.3, 0.4) is 0 Å². The fraction of sp³-hybridized carbons (Fsp3) is 0.562. The lowest BCUT2D eigenvalue weighted by Crippen LogP contribution is -2.25. The van der Waals surface area contributed by atoms with E-state index in [1.54, 1.807) is 0 Å². The minimum absolute atomic E-state index is 0.0635. The van der Waals surface area contributed by atoms with Crippen molar-refractivity contribution in [3.05, 3.63) is 34.3 Å². The number of hydrogen-bond donors (Lipinski definition) is 1. The summed E-state index contributed by atoms with van der Waals surface area (Å²) in [5.41, 5.74) is 0.929. The Morgan fingerprint density at radius 2 is 2.20 bits per heavy atom. The van der Waals surface area contributed by atoms with E-state index in [2.05, 4.69) is 29.8 Å². The van der Waals surface area contributed by atoms with Gasteiger partial charge in [0, 0.05) is 4.47 Å². The van der Waals surface area contributed by atoms with Gasteiger partial charge in [-0.1, -0.05) is 34.1 Å². The van der Waals surface area contributed by atoms with Crippen LogP contribution in [0, 0.1) is 5.92 Å². The van der Waals surface area contributed by atoms with Gasteiger partial charge in [-0.3, -0.25) is 4.79 Å². The molecule has 0 aliphatic carbocycles. The molecule has 1 aliphatic heterocycles. The molecule has 20 heavy (non-hydrogen) atoms. The van der Waals surface area contributed by atoms with Crippen LogP contribution in [0.2, 0.25) is 0 Å². The smallest absolute Gasteiger partial charge is 0.306 e. The Labute approximate surface area is 128 Å². The van der Waals surface area contributed by atoms with Crippen LogP contribution >= 0.6 is 15.9 Å². The summed E-state index contributed by atoms with van der Waals surface area (Å²) in [6.07, 6.45) is 3.14. The molecule has 1 aromatic carbocycles. The van der Waals surface area contributed by atoms with Crippen molar-refractivity contribution in [2.45, 2.75) is 51.2 Å². The highest BCUT2D eigenvalue weighted by Gasteiger charge is 2.34. The number of benzene rings is 1. The van der Waals surface area contributed by atoms with Crippen molar-refractivity contribution in [3.8, 4) is 0 Å². The molecule has 0 radical (unpaired) electrons. The van der Waals surface area contributed by atoms with E-state index in [9.17, 15) is 9.90 Å². The average Bonchev–Trinajstić information content (AvgIpc) is 2.70. The summed E-state index contributed by atoms with van der Waals surface area (Å²) < 4.78 is 6.89. The van der Waals surface area contributed by atoms with Gasteiger partial charge in [0.2, 0.25) is 0 Å². The van der Waals surface area contributed by atoms with Gasteiger partial charge < -0.3 is 9.84 Å². The van der Waals surface area contributed by atoms with Gasteiger partial charge in [-0.25, -0.2) is 0 Å². The largest absolute Gasteiger partial charge is 0.481 e. The molecule has 1 aliphatic rings.